The topological polar surface area (TPSA) is 41.6 Å². The lowest BCUT2D eigenvalue weighted by Crippen LogP contribution is -2.47. The third-order valence-electron chi connectivity index (χ3n) is 5.23. The second kappa shape index (κ2) is 6.90. The van der Waals surface area contributed by atoms with Crippen LogP contribution in [0.3, 0.4) is 0 Å². The first-order valence-corrected chi connectivity index (χ1v) is 8.42. The van der Waals surface area contributed by atoms with Crippen LogP contribution in [0.1, 0.15) is 51.4 Å². The van der Waals surface area contributed by atoms with Crippen LogP contribution in [0, 0.1) is 5.92 Å². The largest absolute Gasteiger partial charge is 0.381 e. The molecule has 0 radical (unpaired) electrons. The van der Waals surface area contributed by atoms with E-state index < -0.39 is 0 Å². The minimum Gasteiger partial charge on any atom is -0.381 e. The SMILES string of the molecule is O=C(CC1CCOC1)NC1CCN(C2CCCC2)CC1. The second-order valence-electron chi connectivity index (χ2n) is 6.75. The number of hydrogen-bond donors (Lipinski definition) is 1. The summed E-state index contributed by atoms with van der Waals surface area (Å²) in [6, 6.07) is 1.24. The van der Waals surface area contributed by atoms with Crippen molar-refractivity contribution in [3.05, 3.63) is 0 Å². The summed E-state index contributed by atoms with van der Waals surface area (Å²) in [7, 11) is 0. The van der Waals surface area contributed by atoms with Gasteiger partial charge in [0.1, 0.15) is 0 Å². The summed E-state index contributed by atoms with van der Waals surface area (Å²) in [5.41, 5.74) is 0. The van der Waals surface area contributed by atoms with Gasteiger partial charge in [-0.1, -0.05) is 12.8 Å². The molecular weight excluding hydrogens is 252 g/mol. The molecule has 1 atom stereocenters. The molecule has 0 aromatic heterocycles. The Kier molecular flexibility index (Phi) is 4.94. The number of carbonyl (C=O) groups is 1. The van der Waals surface area contributed by atoms with E-state index in [4.69, 9.17) is 4.74 Å². The van der Waals surface area contributed by atoms with Gasteiger partial charge < -0.3 is 15.0 Å². The fourth-order valence-corrected chi connectivity index (χ4v) is 3.97. The molecule has 3 aliphatic rings. The van der Waals surface area contributed by atoms with Crippen LogP contribution >= 0.6 is 0 Å². The van der Waals surface area contributed by atoms with Crippen LogP contribution in [0.25, 0.3) is 0 Å². The predicted molar refractivity (Wildman–Crippen MR) is 78.5 cm³/mol. The number of likely N-dealkylation sites (tertiary alicyclic amines) is 1. The van der Waals surface area contributed by atoms with Gasteiger partial charge in [0.25, 0.3) is 0 Å². The number of piperidine rings is 1. The number of amides is 1. The first-order valence-electron chi connectivity index (χ1n) is 8.42. The van der Waals surface area contributed by atoms with Crippen LogP contribution in [-0.2, 0) is 9.53 Å². The normalized spacial score (nSPS) is 29.9. The highest BCUT2D eigenvalue weighted by molar-refractivity contribution is 5.76. The molecule has 3 rings (SSSR count). The molecule has 2 saturated heterocycles. The summed E-state index contributed by atoms with van der Waals surface area (Å²) in [5.74, 6) is 0.688. The molecule has 0 aromatic carbocycles. The van der Waals surface area contributed by atoms with Crippen molar-refractivity contribution in [1.29, 1.82) is 0 Å². The Morgan fingerprint density at radius 2 is 1.85 bits per heavy atom. The molecule has 1 amide bonds. The zero-order chi connectivity index (χ0) is 13.8. The molecule has 20 heavy (non-hydrogen) atoms. The first kappa shape index (κ1) is 14.3. The van der Waals surface area contributed by atoms with Crippen molar-refractivity contribution in [2.45, 2.75) is 63.5 Å². The standard InChI is InChI=1S/C16H28N2O2/c19-16(11-13-7-10-20-12-13)17-14-5-8-18(9-6-14)15-3-1-2-4-15/h13-15H,1-12H2,(H,17,19). The van der Waals surface area contributed by atoms with E-state index in [1.165, 1.54) is 38.8 Å². The third kappa shape index (κ3) is 3.73. The lowest BCUT2D eigenvalue weighted by molar-refractivity contribution is -0.123. The Balaban J connectivity index is 1.36. The van der Waals surface area contributed by atoms with Crippen LogP contribution in [0.4, 0.5) is 0 Å². The maximum absolute atomic E-state index is 12.0. The minimum absolute atomic E-state index is 0.236. The Hall–Kier alpha value is -0.610. The lowest BCUT2D eigenvalue weighted by atomic mass is 10.0. The summed E-state index contributed by atoms with van der Waals surface area (Å²) in [5, 5.41) is 3.24. The highest BCUT2D eigenvalue weighted by Gasteiger charge is 2.28. The van der Waals surface area contributed by atoms with Gasteiger partial charge in [0.15, 0.2) is 0 Å². The molecule has 2 heterocycles. The van der Waals surface area contributed by atoms with Gasteiger partial charge in [-0.15, -0.1) is 0 Å². The zero-order valence-electron chi connectivity index (χ0n) is 12.5. The van der Waals surface area contributed by atoms with Crippen molar-refractivity contribution in [2.24, 2.45) is 5.92 Å². The molecule has 1 unspecified atom stereocenters. The maximum Gasteiger partial charge on any atom is 0.220 e. The molecule has 0 bridgehead atoms. The second-order valence-corrected chi connectivity index (χ2v) is 6.75. The van der Waals surface area contributed by atoms with E-state index in [-0.39, 0.29) is 5.91 Å². The van der Waals surface area contributed by atoms with Crippen LogP contribution < -0.4 is 5.32 Å². The van der Waals surface area contributed by atoms with Gasteiger partial charge >= 0.3 is 0 Å². The van der Waals surface area contributed by atoms with Crippen molar-refractivity contribution in [1.82, 2.24) is 10.2 Å². The van der Waals surface area contributed by atoms with E-state index in [2.05, 4.69) is 10.2 Å². The zero-order valence-corrected chi connectivity index (χ0v) is 12.5. The Labute approximate surface area is 122 Å². The molecule has 1 N–H and O–H groups in total. The molecule has 0 spiro atoms. The third-order valence-corrected chi connectivity index (χ3v) is 5.23. The summed E-state index contributed by atoms with van der Waals surface area (Å²) in [4.78, 5) is 14.7. The van der Waals surface area contributed by atoms with Gasteiger partial charge in [-0.3, -0.25) is 4.79 Å². The van der Waals surface area contributed by atoms with E-state index in [0.717, 1.165) is 38.5 Å². The van der Waals surface area contributed by atoms with E-state index in [1.807, 2.05) is 0 Å². The number of carbonyl (C=O) groups excluding carboxylic acids is 1. The molecule has 2 aliphatic heterocycles. The van der Waals surface area contributed by atoms with E-state index in [0.29, 0.717) is 18.4 Å². The number of rotatable bonds is 4. The van der Waals surface area contributed by atoms with Crippen LogP contribution in [0.15, 0.2) is 0 Å². The van der Waals surface area contributed by atoms with Crippen molar-refractivity contribution in [3.63, 3.8) is 0 Å². The summed E-state index contributed by atoms with van der Waals surface area (Å²) in [6.45, 7) is 3.94. The average molecular weight is 280 g/mol. The predicted octanol–water partition coefficient (Wildman–Crippen LogP) is 1.94. The van der Waals surface area contributed by atoms with Gasteiger partial charge in [-0.2, -0.15) is 0 Å². The van der Waals surface area contributed by atoms with Gasteiger partial charge in [0.05, 0.1) is 0 Å². The van der Waals surface area contributed by atoms with Crippen molar-refractivity contribution < 1.29 is 9.53 Å². The lowest BCUT2D eigenvalue weighted by Gasteiger charge is -2.36. The highest BCUT2D eigenvalue weighted by atomic mass is 16.5. The minimum atomic E-state index is 0.236. The number of ether oxygens (including phenoxy) is 1. The monoisotopic (exact) mass is 280 g/mol. The van der Waals surface area contributed by atoms with E-state index in [1.54, 1.807) is 0 Å². The van der Waals surface area contributed by atoms with Crippen molar-refractivity contribution >= 4 is 5.91 Å². The fourth-order valence-electron chi connectivity index (χ4n) is 3.97. The van der Waals surface area contributed by atoms with Gasteiger partial charge in [0.2, 0.25) is 5.91 Å². The molecular formula is C16H28N2O2. The maximum atomic E-state index is 12.0. The molecule has 4 nitrogen and oxygen atoms in total. The van der Waals surface area contributed by atoms with Gasteiger partial charge in [0, 0.05) is 44.8 Å². The Bertz CT molecular complexity index is 314. The van der Waals surface area contributed by atoms with E-state index in [9.17, 15) is 4.79 Å². The van der Waals surface area contributed by atoms with Gasteiger partial charge in [-0.05, 0) is 38.0 Å². The van der Waals surface area contributed by atoms with Crippen molar-refractivity contribution in [2.75, 3.05) is 26.3 Å². The quantitative estimate of drug-likeness (QED) is 0.855. The van der Waals surface area contributed by atoms with Gasteiger partial charge in [-0.25, -0.2) is 0 Å². The molecule has 114 valence electrons. The van der Waals surface area contributed by atoms with Crippen LogP contribution in [0.5, 0.6) is 0 Å². The number of nitrogens with zero attached hydrogens (tertiary/aromatic N) is 1. The van der Waals surface area contributed by atoms with Crippen LogP contribution in [-0.4, -0.2) is 49.2 Å². The number of hydrogen-bond acceptors (Lipinski definition) is 3. The van der Waals surface area contributed by atoms with Crippen molar-refractivity contribution in [3.8, 4) is 0 Å². The molecule has 1 aliphatic carbocycles. The molecule has 4 heteroatoms. The fraction of sp³-hybridized carbons (Fsp3) is 0.938. The summed E-state index contributed by atoms with van der Waals surface area (Å²) < 4.78 is 5.33. The Morgan fingerprint density at radius 1 is 1.10 bits per heavy atom. The summed E-state index contributed by atoms with van der Waals surface area (Å²) >= 11 is 0. The molecule has 1 saturated carbocycles. The van der Waals surface area contributed by atoms with Crippen LogP contribution in [0.2, 0.25) is 0 Å². The number of nitrogens with one attached hydrogen (secondary N) is 1. The highest BCUT2D eigenvalue weighted by Crippen LogP contribution is 2.26. The first-order chi connectivity index (χ1) is 9.81. The Morgan fingerprint density at radius 3 is 2.50 bits per heavy atom. The smallest absolute Gasteiger partial charge is 0.220 e. The molecule has 3 fully saturated rings. The average Bonchev–Trinajstić information content (AvgIpc) is 3.12. The molecule has 0 aromatic rings. The van der Waals surface area contributed by atoms with E-state index >= 15 is 0 Å². The summed E-state index contributed by atoms with van der Waals surface area (Å²) in [6.07, 6.45) is 9.55.